The van der Waals surface area contributed by atoms with Crippen LogP contribution in [0.3, 0.4) is 0 Å². The zero-order valence-electron chi connectivity index (χ0n) is 16.2. The lowest BCUT2D eigenvalue weighted by Gasteiger charge is -2.25. The Bertz CT molecular complexity index is 1160. The molecule has 4 rings (SSSR count). The molecule has 0 aliphatic carbocycles. The molecule has 3 heterocycles. The molecule has 0 amide bonds. The number of aryl methyl sites for hydroxylation is 1. The van der Waals surface area contributed by atoms with Crippen molar-refractivity contribution >= 4 is 15.6 Å². The van der Waals surface area contributed by atoms with Crippen molar-refractivity contribution in [3.8, 4) is 23.0 Å². The van der Waals surface area contributed by atoms with Crippen LogP contribution in [-0.4, -0.2) is 51.7 Å². The molecule has 3 aromatic rings. The van der Waals surface area contributed by atoms with E-state index in [9.17, 15) is 8.42 Å². The van der Waals surface area contributed by atoms with Crippen molar-refractivity contribution in [2.75, 3.05) is 18.8 Å². The average molecular weight is 414 g/mol. The second-order valence-electron chi connectivity index (χ2n) is 6.71. The topological polar surface area (TPSA) is 102 Å². The molecule has 0 saturated carbocycles. The van der Waals surface area contributed by atoms with Gasteiger partial charge in [0.05, 0.1) is 23.3 Å². The Morgan fingerprint density at radius 1 is 1.17 bits per heavy atom. The Labute approximate surface area is 170 Å². The highest BCUT2D eigenvalue weighted by molar-refractivity contribution is 7.89. The van der Waals surface area contributed by atoms with E-state index in [0.717, 1.165) is 11.1 Å². The highest BCUT2D eigenvalue weighted by atomic mass is 32.2. The van der Waals surface area contributed by atoms with Crippen molar-refractivity contribution in [2.45, 2.75) is 20.3 Å². The summed E-state index contributed by atoms with van der Waals surface area (Å²) >= 11 is 0. The van der Waals surface area contributed by atoms with Gasteiger partial charge in [-0.25, -0.2) is 13.4 Å². The Morgan fingerprint density at radius 3 is 2.62 bits per heavy atom. The van der Waals surface area contributed by atoms with Crippen LogP contribution in [0.1, 0.15) is 26.2 Å². The molecule has 8 nitrogen and oxygen atoms in total. The van der Waals surface area contributed by atoms with E-state index in [0.29, 0.717) is 48.4 Å². The van der Waals surface area contributed by atoms with Gasteiger partial charge in [-0.05, 0) is 38.0 Å². The van der Waals surface area contributed by atoms with Gasteiger partial charge in [-0.2, -0.15) is 4.31 Å². The molecule has 152 valence electrons. The van der Waals surface area contributed by atoms with Crippen molar-refractivity contribution in [3.63, 3.8) is 0 Å². The van der Waals surface area contributed by atoms with Crippen LogP contribution in [0, 0.1) is 6.92 Å². The molecule has 2 aromatic heterocycles. The summed E-state index contributed by atoms with van der Waals surface area (Å²) in [7, 11) is -3.19. The largest absolute Gasteiger partial charge is 0.415 e. The van der Waals surface area contributed by atoms with Gasteiger partial charge in [-0.3, -0.25) is 4.98 Å². The van der Waals surface area contributed by atoms with Gasteiger partial charge in [-0.15, -0.1) is 10.2 Å². The molecule has 0 spiro atoms. The van der Waals surface area contributed by atoms with Crippen LogP contribution in [0.25, 0.3) is 28.6 Å². The fourth-order valence-corrected chi connectivity index (χ4v) is 4.18. The van der Waals surface area contributed by atoms with E-state index in [1.165, 1.54) is 4.31 Å². The molecule has 0 radical (unpaired) electrons. The van der Waals surface area contributed by atoms with Crippen molar-refractivity contribution in [2.24, 2.45) is 0 Å². The van der Waals surface area contributed by atoms with Gasteiger partial charge >= 0.3 is 0 Å². The highest BCUT2D eigenvalue weighted by Gasteiger charge is 2.24. The first-order valence-corrected chi connectivity index (χ1v) is 11.0. The summed E-state index contributed by atoms with van der Waals surface area (Å²) in [5, 5.41) is 8.26. The zero-order valence-corrected chi connectivity index (χ0v) is 17.1. The van der Waals surface area contributed by atoms with Crippen LogP contribution in [0.4, 0.5) is 0 Å². The average Bonchev–Trinajstić information content (AvgIpc) is 3.25. The lowest BCUT2D eigenvalue weighted by molar-refractivity contribution is 0.442. The van der Waals surface area contributed by atoms with Gasteiger partial charge in [0.25, 0.3) is 5.89 Å². The third-order valence-electron chi connectivity index (χ3n) is 4.86. The lowest BCUT2D eigenvalue weighted by Crippen LogP contribution is -2.35. The SMILES string of the molecule is CCS(=O)(=O)N1CC=C(c2cnc(C)c(-c3nnc(-c4ccccc4)o3)n2)CC1.[HH]. The van der Waals surface area contributed by atoms with E-state index in [1.54, 1.807) is 13.1 Å². The third-order valence-corrected chi connectivity index (χ3v) is 6.71. The molecular formula is C20H23N5O3S. The summed E-state index contributed by atoms with van der Waals surface area (Å²) in [4.78, 5) is 9.12. The maximum Gasteiger partial charge on any atom is 0.268 e. The Hall–Kier alpha value is -2.91. The molecular weight excluding hydrogens is 390 g/mol. The summed E-state index contributed by atoms with van der Waals surface area (Å²) in [6.07, 6.45) is 4.17. The molecule has 1 aromatic carbocycles. The molecule has 0 unspecified atom stereocenters. The Morgan fingerprint density at radius 2 is 1.93 bits per heavy atom. The normalized spacial score (nSPS) is 15.3. The first-order chi connectivity index (χ1) is 14.0. The first-order valence-electron chi connectivity index (χ1n) is 9.38. The van der Waals surface area contributed by atoms with Crippen molar-refractivity contribution in [1.82, 2.24) is 24.5 Å². The van der Waals surface area contributed by atoms with Gasteiger partial charge in [-0.1, -0.05) is 24.3 Å². The van der Waals surface area contributed by atoms with Gasteiger partial charge in [0.15, 0.2) is 0 Å². The minimum absolute atomic E-state index is 0. The maximum atomic E-state index is 12.0. The molecule has 1 aliphatic heterocycles. The van der Waals surface area contributed by atoms with Gasteiger partial charge in [0.1, 0.15) is 5.69 Å². The number of benzene rings is 1. The minimum atomic E-state index is -3.19. The van der Waals surface area contributed by atoms with Gasteiger partial charge < -0.3 is 4.42 Å². The number of aromatic nitrogens is 4. The molecule has 9 heteroatoms. The highest BCUT2D eigenvalue weighted by Crippen LogP contribution is 2.27. The molecule has 0 fully saturated rings. The van der Waals surface area contributed by atoms with Crippen LogP contribution in [0.5, 0.6) is 0 Å². The molecule has 29 heavy (non-hydrogen) atoms. The minimum Gasteiger partial charge on any atom is -0.415 e. The number of hydrogen-bond acceptors (Lipinski definition) is 7. The second kappa shape index (κ2) is 7.84. The summed E-state index contributed by atoms with van der Waals surface area (Å²) in [5.74, 6) is 0.831. The third kappa shape index (κ3) is 3.96. The van der Waals surface area contributed by atoms with Crippen LogP contribution in [0.15, 0.2) is 47.0 Å². The van der Waals surface area contributed by atoms with Crippen molar-refractivity contribution in [3.05, 3.63) is 54.0 Å². The lowest BCUT2D eigenvalue weighted by atomic mass is 10.1. The van der Waals surface area contributed by atoms with E-state index in [1.807, 2.05) is 43.3 Å². The maximum absolute atomic E-state index is 12.0. The number of sulfonamides is 1. The number of rotatable bonds is 5. The summed E-state index contributed by atoms with van der Waals surface area (Å²) < 4.78 is 31.4. The van der Waals surface area contributed by atoms with E-state index < -0.39 is 10.0 Å². The van der Waals surface area contributed by atoms with Gasteiger partial charge in [0.2, 0.25) is 15.9 Å². The standard InChI is InChI=1S/C20H21N5O3S.H2/c1-3-29(26,27)25-11-9-15(10-12-25)17-13-21-14(2)18(22-17)20-24-23-19(28-20)16-7-5-4-6-8-16;/h4-9,13H,3,10-12H2,1-2H3;1H. The molecule has 1 aliphatic rings. The zero-order chi connectivity index (χ0) is 20.4. The first kappa shape index (κ1) is 19.4. The summed E-state index contributed by atoms with van der Waals surface area (Å²) in [5.41, 5.74) is 3.70. The smallest absolute Gasteiger partial charge is 0.268 e. The van der Waals surface area contributed by atoms with Gasteiger partial charge in [0, 0.05) is 20.1 Å². The fourth-order valence-electron chi connectivity index (χ4n) is 3.14. The van der Waals surface area contributed by atoms with Crippen LogP contribution in [-0.2, 0) is 10.0 Å². The summed E-state index contributed by atoms with van der Waals surface area (Å²) in [6, 6.07) is 9.53. The van der Waals surface area contributed by atoms with Crippen LogP contribution < -0.4 is 0 Å². The second-order valence-corrected chi connectivity index (χ2v) is 8.96. The van der Waals surface area contributed by atoms with E-state index in [2.05, 4.69) is 20.2 Å². The predicted octanol–water partition coefficient (Wildman–Crippen LogP) is 3.19. The van der Waals surface area contributed by atoms with Crippen molar-refractivity contribution in [1.29, 1.82) is 0 Å². The molecule has 0 bridgehead atoms. The molecule has 0 atom stereocenters. The fraction of sp³-hybridized carbons (Fsp3) is 0.300. The quantitative estimate of drug-likeness (QED) is 0.633. The van der Waals surface area contributed by atoms with Crippen molar-refractivity contribution < 1.29 is 14.3 Å². The van der Waals surface area contributed by atoms with Crippen LogP contribution >= 0.6 is 0 Å². The van der Waals surface area contributed by atoms with Crippen LogP contribution in [0.2, 0.25) is 0 Å². The molecule has 0 N–H and O–H groups in total. The predicted molar refractivity (Wildman–Crippen MR) is 111 cm³/mol. The van der Waals surface area contributed by atoms with E-state index in [4.69, 9.17) is 4.42 Å². The Kier molecular flexibility index (Phi) is 5.25. The summed E-state index contributed by atoms with van der Waals surface area (Å²) in [6.45, 7) is 4.27. The number of nitrogens with zero attached hydrogens (tertiary/aromatic N) is 5. The number of hydrogen-bond donors (Lipinski definition) is 0. The monoisotopic (exact) mass is 413 g/mol. The Balaban J connectivity index is 0.00000256. The molecule has 0 saturated heterocycles. The van der Waals surface area contributed by atoms with E-state index >= 15 is 0 Å². The van der Waals surface area contributed by atoms with E-state index in [-0.39, 0.29) is 7.18 Å².